The highest BCUT2D eigenvalue weighted by molar-refractivity contribution is 5.89. The van der Waals surface area contributed by atoms with Crippen LogP contribution in [0, 0.1) is 0 Å². The summed E-state index contributed by atoms with van der Waals surface area (Å²) < 4.78 is 51.3. The molecule has 2 aliphatic rings. The standard InChI is InChI=1S/C17H19F3N8O4/c1-8-10(7-29)28(16(30)32-8)15-25-12(24-14(26-15)27-2-4-31-5-3-27)9-6-22-13(21)23-11(9)17(18,19)20/h6,8,10,29H,2-5,7H2,1H3,(H2,21,22,23)/t8-,10+/m1/s1. The maximum absolute atomic E-state index is 13.6. The molecule has 32 heavy (non-hydrogen) atoms. The van der Waals surface area contributed by atoms with Crippen molar-refractivity contribution in [3.8, 4) is 11.4 Å². The van der Waals surface area contributed by atoms with E-state index in [1.165, 1.54) is 0 Å². The highest BCUT2D eigenvalue weighted by Gasteiger charge is 2.43. The van der Waals surface area contributed by atoms with Gasteiger partial charge in [0.05, 0.1) is 25.4 Å². The number of amides is 1. The van der Waals surface area contributed by atoms with Gasteiger partial charge in [0.2, 0.25) is 17.8 Å². The zero-order chi connectivity index (χ0) is 23.0. The molecule has 2 saturated heterocycles. The van der Waals surface area contributed by atoms with E-state index >= 15 is 0 Å². The molecule has 1 amide bonds. The Labute approximate surface area is 179 Å². The molecular weight excluding hydrogens is 437 g/mol. The summed E-state index contributed by atoms with van der Waals surface area (Å²) in [6.07, 6.45) is -5.54. The summed E-state index contributed by atoms with van der Waals surface area (Å²) in [7, 11) is 0. The van der Waals surface area contributed by atoms with Crippen molar-refractivity contribution in [1.29, 1.82) is 0 Å². The van der Waals surface area contributed by atoms with Crippen LogP contribution in [-0.2, 0) is 15.7 Å². The number of carbonyl (C=O) groups excluding carboxylic acids is 1. The Morgan fingerprint density at radius 1 is 1.19 bits per heavy atom. The Hall–Kier alpha value is -3.33. The number of aliphatic hydroxyl groups excluding tert-OH is 1. The first-order chi connectivity index (χ1) is 15.2. The molecule has 12 nitrogen and oxygen atoms in total. The van der Waals surface area contributed by atoms with E-state index in [9.17, 15) is 23.1 Å². The summed E-state index contributed by atoms with van der Waals surface area (Å²) >= 11 is 0. The largest absolute Gasteiger partial charge is 0.444 e. The fourth-order valence-corrected chi connectivity index (χ4v) is 3.36. The van der Waals surface area contributed by atoms with E-state index in [0.717, 1.165) is 11.1 Å². The first-order valence-electron chi connectivity index (χ1n) is 9.58. The minimum Gasteiger partial charge on any atom is -0.444 e. The van der Waals surface area contributed by atoms with Crippen molar-refractivity contribution in [2.24, 2.45) is 0 Å². The number of aromatic nitrogens is 5. The topological polar surface area (TPSA) is 153 Å². The molecule has 0 bridgehead atoms. The van der Waals surface area contributed by atoms with E-state index < -0.39 is 54.1 Å². The molecule has 2 aromatic rings. The first kappa shape index (κ1) is 21.9. The van der Waals surface area contributed by atoms with Gasteiger partial charge in [-0.25, -0.2) is 19.7 Å². The zero-order valence-electron chi connectivity index (χ0n) is 16.8. The summed E-state index contributed by atoms with van der Waals surface area (Å²) in [4.78, 5) is 34.6. The third kappa shape index (κ3) is 4.08. The number of hydrogen-bond acceptors (Lipinski definition) is 11. The van der Waals surface area contributed by atoms with Crippen LogP contribution in [-0.4, -0.2) is 81.2 Å². The van der Waals surface area contributed by atoms with Crippen LogP contribution < -0.4 is 15.5 Å². The van der Waals surface area contributed by atoms with Crippen molar-refractivity contribution in [3.05, 3.63) is 11.9 Å². The number of ether oxygens (including phenoxy) is 2. The normalized spacial score (nSPS) is 21.7. The molecule has 15 heteroatoms. The number of alkyl halides is 3. The van der Waals surface area contributed by atoms with E-state index in [4.69, 9.17) is 15.2 Å². The van der Waals surface area contributed by atoms with E-state index in [0.29, 0.717) is 26.3 Å². The summed E-state index contributed by atoms with van der Waals surface area (Å²) in [5.41, 5.74) is 3.49. The maximum atomic E-state index is 13.6. The molecular formula is C17H19F3N8O4. The lowest BCUT2D eigenvalue weighted by atomic mass is 10.2. The smallest absolute Gasteiger partial charge is 0.434 e. The number of morpholine rings is 1. The van der Waals surface area contributed by atoms with Crippen molar-refractivity contribution in [2.45, 2.75) is 25.2 Å². The Bertz CT molecular complexity index is 1020. The highest BCUT2D eigenvalue weighted by atomic mass is 19.4. The second-order valence-electron chi connectivity index (χ2n) is 7.06. The van der Waals surface area contributed by atoms with Crippen molar-refractivity contribution < 1.29 is 32.5 Å². The molecule has 2 atom stereocenters. The van der Waals surface area contributed by atoms with Gasteiger partial charge in [-0.1, -0.05) is 0 Å². The second-order valence-corrected chi connectivity index (χ2v) is 7.06. The van der Waals surface area contributed by atoms with Crippen LogP contribution in [0.5, 0.6) is 0 Å². The summed E-state index contributed by atoms with van der Waals surface area (Å²) in [5.74, 6) is -1.22. The average molecular weight is 456 g/mol. The molecule has 0 aromatic carbocycles. The molecule has 4 heterocycles. The van der Waals surface area contributed by atoms with Gasteiger partial charge in [0.15, 0.2) is 11.5 Å². The monoisotopic (exact) mass is 456 g/mol. The number of carbonyl (C=O) groups is 1. The molecule has 0 unspecified atom stereocenters. The van der Waals surface area contributed by atoms with Crippen LogP contribution in [0.2, 0.25) is 0 Å². The average Bonchev–Trinajstić information content (AvgIpc) is 3.06. The van der Waals surface area contributed by atoms with Crippen LogP contribution in [0.3, 0.4) is 0 Å². The number of cyclic esters (lactones) is 1. The number of nitrogens with zero attached hydrogens (tertiary/aromatic N) is 7. The van der Waals surface area contributed by atoms with Crippen molar-refractivity contribution >= 4 is 23.9 Å². The molecule has 0 radical (unpaired) electrons. The van der Waals surface area contributed by atoms with Gasteiger partial charge in [0.1, 0.15) is 12.1 Å². The second kappa shape index (κ2) is 8.31. The van der Waals surface area contributed by atoms with E-state index in [2.05, 4.69) is 24.9 Å². The number of nitrogens with two attached hydrogens (primary N) is 1. The van der Waals surface area contributed by atoms with Crippen molar-refractivity contribution in [3.63, 3.8) is 0 Å². The zero-order valence-corrected chi connectivity index (χ0v) is 16.8. The van der Waals surface area contributed by atoms with Crippen molar-refractivity contribution in [1.82, 2.24) is 24.9 Å². The number of rotatable bonds is 4. The number of nitrogen functional groups attached to an aromatic ring is 1. The van der Waals surface area contributed by atoms with Gasteiger partial charge >= 0.3 is 12.3 Å². The number of hydrogen-bond donors (Lipinski definition) is 2. The Morgan fingerprint density at radius 2 is 1.88 bits per heavy atom. The lowest BCUT2D eigenvalue weighted by molar-refractivity contribution is -0.140. The van der Waals surface area contributed by atoms with E-state index in [1.807, 2.05) is 0 Å². The predicted octanol–water partition coefficient (Wildman–Crippen LogP) is 0.472. The molecule has 2 fully saturated rings. The molecule has 2 aromatic heterocycles. The molecule has 0 spiro atoms. The number of aliphatic hydroxyl groups is 1. The summed E-state index contributed by atoms with van der Waals surface area (Å²) in [6, 6.07) is -0.833. The predicted molar refractivity (Wildman–Crippen MR) is 103 cm³/mol. The van der Waals surface area contributed by atoms with Crippen LogP contribution in [0.4, 0.5) is 35.8 Å². The fraction of sp³-hybridized carbons (Fsp3) is 0.529. The van der Waals surface area contributed by atoms with Gasteiger partial charge in [-0.15, -0.1) is 0 Å². The van der Waals surface area contributed by atoms with Gasteiger partial charge in [-0.05, 0) is 6.92 Å². The Balaban J connectivity index is 1.88. The van der Waals surface area contributed by atoms with Gasteiger partial charge in [0.25, 0.3) is 0 Å². The summed E-state index contributed by atoms with van der Waals surface area (Å²) in [5, 5.41) is 9.72. The SMILES string of the molecule is C[C@H]1OC(=O)N(c2nc(-c3cnc(N)nc3C(F)(F)F)nc(N3CCOCC3)n2)[C@H]1CO. The lowest BCUT2D eigenvalue weighted by Gasteiger charge is -2.28. The lowest BCUT2D eigenvalue weighted by Crippen LogP contribution is -2.41. The molecule has 0 aliphatic carbocycles. The van der Waals surface area contributed by atoms with Crippen LogP contribution in [0.15, 0.2) is 6.20 Å². The van der Waals surface area contributed by atoms with Gasteiger partial charge in [-0.3, -0.25) is 0 Å². The third-order valence-electron chi connectivity index (χ3n) is 4.98. The first-order valence-corrected chi connectivity index (χ1v) is 9.58. The van der Waals surface area contributed by atoms with E-state index in [1.54, 1.807) is 11.8 Å². The quantitative estimate of drug-likeness (QED) is 0.660. The van der Waals surface area contributed by atoms with Gasteiger partial charge in [0, 0.05) is 19.3 Å². The van der Waals surface area contributed by atoms with Gasteiger partial charge < -0.3 is 25.2 Å². The van der Waals surface area contributed by atoms with Crippen LogP contribution in [0.1, 0.15) is 12.6 Å². The molecule has 3 N–H and O–H groups in total. The number of halogens is 3. The Morgan fingerprint density at radius 3 is 2.53 bits per heavy atom. The van der Waals surface area contributed by atoms with Gasteiger partial charge in [-0.2, -0.15) is 28.1 Å². The summed E-state index contributed by atoms with van der Waals surface area (Å²) in [6.45, 7) is 2.56. The maximum Gasteiger partial charge on any atom is 0.434 e. The highest BCUT2D eigenvalue weighted by Crippen LogP contribution is 2.36. The minimum atomic E-state index is -4.87. The molecule has 4 rings (SSSR count). The van der Waals surface area contributed by atoms with Crippen molar-refractivity contribution in [2.75, 3.05) is 48.4 Å². The third-order valence-corrected chi connectivity index (χ3v) is 4.98. The number of anilines is 3. The molecule has 0 saturated carbocycles. The minimum absolute atomic E-state index is 0.0299. The van der Waals surface area contributed by atoms with Crippen LogP contribution in [0.25, 0.3) is 11.4 Å². The van der Waals surface area contributed by atoms with Crippen LogP contribution >= 0.6 is 0 Å². The molecule has 2 aliphatic heterocycles. The fourth-order valence-electron chi connectivity index (χ4n) is 3.36. The molecule has 172 valence electrons. The van der Waals surface area contributed by atoms with E-state index in [-0.39, 0.29) is 11.9 Å². The Kier molecular flexibility index (Phi) is 5.68.